The third kappa shape index (κ3) is 8.37. The number of azo groups is 1. The lowest BCUT2D eigenvalue weighted by Gasteiger charge is -2.09. The molecule has 0 aromatic carbocycles. The SMILES string of the molecule is CCC(N=NCCc1cccc[n+]1C(=O)O)=NN=c1c(CCC(=O)O)cccn1CCC(=O)O. The van der Waals surface area contributed by atoms with Gasteiger partial charge in [-0.05, 0) is 18.1 Å². The second kappa shape index (κ2) is 13.4. The molecule has 0 bridgehead atoms. The van der Waals surface area contributed by atoms with Gasteiger partial charge < -0.3 is 19.9 Å². The van der Waals surface area contributed by atoms with Gasteiger partial charge in [0.15, 0.2) is 23.2 Å². The molecule has 2 aromatic heterocycles. The number of carboxylic acids is 2. The first-order valence-corrected chi connectivity index (χ1v) is 10.6. The number of aromatic nitrogens is 2. The number of carboxylic acid groups (broad SMARTS) is 3. The molecule has 12 heteroatoms. The maximum absolute atomic E-state index is 11.3. The van der Waals surface area contributed by atoms with Crippen molar-refractivity contribution in [2.45, 2.75) is 45.6 Å². The van der Waals surface area contributed by atoms with Crippen LogP contribution in [0.1, 0.15) is 37.4 Å². The molecule has 3 N–H and O–H groups in total. The van der Waals surface area contributed by atoms with Gasteiger partial charge in [0, 0.05) is 37.7 Å². The topological polar surface area (TPSA) is 170 Å². The Bertz CT molecular complexity index is 1120. The summed E-state index contributed by atoms with van der Waals surface area (Å²) in [5.74, 6) is -1.61. The number of hydrogen-bond donors (Lipinski definition) is 3. The van der Waals surface area contributed by atoms with Crippen molar-refractivity contribution in [3.8, 4) is 0 Å². The largest absolute Gasteiger partial charge is 0.599 e. The lowest BCUT2D eigenvalue weighted by atomic mass is 10.1. The van der Waals surface area contributed by atoms with Gasteiger partial charge in [0.25, 0.3) is 0 Å². The van der Waals surface area contributed by atoms with Gasteiger partial charge in [0.05, 0.1) is 19.4 Å². The minimum atomic E-state index is -1.08. The number of amidine groups is 1. The summed E-state index contributed by atoms with van der Waals surface area (Å²) in [5, 5.41) is 43.8. The molecule has 0 saturated heterocycles. The van der Waals surface area contributed by atoms with Crippen LogP contribution < -0.4 is 10.1 Å². The van der Waals surface area contributed by atoms with E-state index in [1.807, 2.05) is 6.92 Å². The Morgan fingerprint density at radius 2 is 1.76 bits per heavy atom. The molecule has 12 nitrogen and oxygen atoms in total. The van der Waals surface area contributed by atoms with Crippen molar-refractivity contribution in [1.29, 1.82) is 0 Å². The van der Waals surface area contributed by atoms with Crippen LogP contribution in [0.4, 0.5) is 4.79 Å². The minimum absolute atomic E-state index is 0.106. The van der Waals surface area contributed by atoms with Gasteiger partial charge in [0.2, 0.25) is 0 Å². The highest BCUT2D eigenvalue weighted by molar-refractivity contribution is 5.81. The predicted octanol–water partition coefficient (Wildman–Crippen LogP) is 2.11. The summed E-state index contributed by atoms with van der Waals surface area (Å²) < 4.78 is 2.73. The van der Waals surface area contributed by atoms with E-state index in [4.69, 9.17) is 10.2 Å². The fraction of sp³-hybridized carbons (Fsp3) is 0.364. The van der Waals surface area contributed by atoms with Gasteiger partial charge in [-0.25, -0.2) is 0 Å². The van der Waals surface area contributed by atoms with E-state index in [0.717, 1.165) is 4.57 Å². The molecule has 0 atom stereocenters. The molecule has 0 radical (unpaired) electrons. The first-order valence-electron chi connectivity index (χ1n) is 10.6. The Morgan fingerprint density at radius 1 is 1.00 bits per heavy atom. The Kier molecular flexibility index (Phi) is 10.2. The number of carbonyl (C=O) groups is 3. The fourth-order valence-electron chi connectivity index (χ4n) is 2.98. The smallest absolute Gasteiger partial charge is 0.481 e. The number of aryl methyl sites for hydroxylation is 2. The van der Waals surface area contributed by atoms with Crippen molar-refractivity contribution in [3.63, 3.8) is 0 Å². The van der Waals surface area contributed by atoms with E-state index in [-0.39, 0.29) is 32.4 Å². The second-order valence-electron chi connectivity index (χ2n) is 7.12. The molecule has 0 saturated carbocycles. The van der Waals surface area contributed by atoms with E-state index in [2.05, 4.69) is 20.4 Å². The van der Waals surface area contributed by atoms with E-state index in [1.54, 1.807) is 41.1 Å². The summed E-state index contributed by atoms with van der Waals surface area (Å²) in [4.78, 5) is 33.3. The van der Waals surface area contributed by atoms with Crippen molar-refractivity contribution < 1.29 is 34.3 Å². The van der Waals surface area contributed by atoms with Gasteiger partial charge in [-0.3, -0.25) is 9.59 Å². The minimum Gasteiger partial charge on any atom is -0.481 e. The number of pyridine rings is 2. The summed E-state index contributed by atoms with van der Waals surface area (Å²) in [6.07, 6.45) is 2.78. The number of nitrogens with zero attached hydrogens (tertiary/aromatic N) is 6. The van der Waals surface area contributed by atoms with Crippen LogP contribution in [0, 0.1) is 0 Å². The highest BCUT2D eigenvalue weighted by atomic mass is 16.4. The van der Waals surface area contributed by atoms with Crippen molar-refractivity contribution >= 4 is 23.9 Å². The molecule has 2 rings (SSSR count). The molecule has 0 spiro atoms. The van der Waals surface area contributed by atoms with Crippen LogP contribution in [-0.4, -0.2) is 50.3 Å². The predicted molar refractivity (Wildman–Crippen MR) is 119 cm³/mol. The van der Waals surface area contributed by atoms with Crippen molar-refractivity contribution in [3.05, 3.63) is 59.5 Å². The highest BCUT2D eigenvalue weighted by Crippen LogP contribution is 2.01. The molecule has 0 aliphatic carbocycles. The summed E-state index contributed by atoms with van der Waals surface area (Å²) in [6.45, 7) is 2.20. The van der Waals surface area contributed by atoms with Crippen molar-refractivity contribution in [1.82, 2.24) is 4.57 Å². The van der Waals surface area contributed by atoms with Crippen LogP contribution in [0.5, 0.6) is 0 Å². The summed E-state index contributed by atoms with van der Waals surface area (Å²) in [5.41, 5.74) is 1.55. The maximum atomic E-state index is 11.3. The summed E-state index contributed by atoms with van der Waals surface area (Å²) in [7, 11) is 0. The molecule has 0 amide bonds. The first kappa shape index (κ1) is 26.0. The average molecular weight is 471 g/mol. The van der Waals surface area contributed by atoms with Crippen LogP contribution in [0.2, 0.25) is 0 Å². The lowest BCUT2D eigenvalue weighted by molar-refractivity contribution is -0.592. The van der Waals surface area contributed by atoms with E-state index in [1.165, 1.54) is 6.20 Å². The van der Waals surface area contributed by atoms with Crippen LogP contribution >= 0.6 is 0 Å². The first-order chi connectivity index (χ1) is 16.3. The van der Waals surface area contributed by atoms with Crippen LogP contribution in [0.15, 0.2) is 63.2 Å². The van der Waals surface area contributed by atoms with Crippen molar-refractivity contribution in [2.75, 3.05) is 6.54 Å². The number of rotatable bonds is 11. The second-order valence-corrected chi connectivity index (χ2v) is 7.12. The molecule has 0 unspecified atom stereocenters. The van der Waals surface area contributed by atoms with Gasteiger partial charge in [0.1, 0.15) is 0 Å². The quantitative estimate of drug-likeness (QED) is 0.149. The van der Waals surface area contributed by atoms with E-state index in [0.29, 0.717) is 35.4 Å². The van der Waals surface area contributed by atoms with Gasteiger partial charge in [-0.15, -0.1) is 15.3 Å². The van der Waals surface area contributed by atoms with Crippen LogP contribution in [0.3, 0.4) is 0 Å². The normalized spacial score (nSPS) is 12.3. The zero-order valence-electron chi connectivity index (χ0n) is 18.7. The van der Waals surface area contributed by atoms with E-state index < -0.39 is 18.0 Å². The molecule has 34 heavy (non-hydrogen) atoms. The summed E-state index contributed by atoms with van der Waals surface area (Å²) in [6, 6.07) is 8.48. The fourth-order valence-corrected chi connectivity index (χ4v) is 2.98. The van der Waals surface area contributed by atoms with E-state index in [9.17, 15) is 19.5 Å². The molecular weight excluding hydrogens is 444 g/mol. The lowest BCUT2D eigenvalue weighted by Crippen LogP contribution is -2.45. The van der Waals surface area contributed by atoms with Crippen LogP contribution in [-0.2, 0) is 29.0 Å². The molecular formula is C22H27N6O6+. The van der Waals surface area contributed by atoms with Crippen LogP contribution in [0.25, 0.3) is 0 Å². The third-order valence-corrected chi connectivity index (χ3v) is 4.68. The third-order valence-electron chi connectivity index (χ3n) is 4.68. The molecule has 180 valence electrons. The average Bonchev–Trinajstić information content (AvgIpc) is 2.81. The Morgan fingerprint density at radius 3 is 2.44 bits per heavy atom. The van der Waals surface area contributed by atoms with Gasteiger partial charge in [-0.1, -0.05) is 23.6 Å². The maximum Gasteiger partial charge on any atom is 0.599 e. The highest BCUT2D eigenvalue weighted by Gasteiger charge is 2.17. The van der Waals surface area contributed by atoms with Crippen molar-refractivity contribution in [2.24, 2.45) is 20.4 Å². The Hall–Kier alpha value is -4.22. The standard InChI is InChI=1S/C22H26N6O6/c1-2-18(24-23-12-10-17-7-3-4-14-28(17)22(33)34)25-26-21-16(8-9-19(29)30)6-5-13-27(21)15-11-20(31)32/h3-7,13-14H,2,8-12,15H2,1H3,(H2-,29,30,31,32,33,34)/p+1. The van der Waals surface area contributed by atoms with Gasteiger partial charge >= 0.3 is 18.0 Å². The van der Waals surface area contributed by atoms with E-state index >= 15 is 0 Å². The number of aliphatic carboxylic acids is 2. The monoisotopic (exact) mass is 471 g/mol. The Labute approximate surface area is 195 Å². The zero-order valence-corrected chi connectivity index (χ0v) is 18.7. The zero-order chi connectivity index (χ0) is 24.9. The Balaban J connectivity index is 2.24. The summed E-state index contributed by atoms with van der Waals surface area (Å²) >= 11 is 0. The molecule has 0 aliphatic heterocycles. The molecule has 0 aliphatic rings. The molecule has 2 aromatic rings. The van der Waals surface area contributed by atoms with Gasteiger partial charge in [-0.2, -0.15) is 9.91 Å². The molecule has 0 fully saturated rings. The molecule has 2 heterocycles. The number of hydrogen-bond acceptors (Lipinski definition) is 6.